The van der Waals surface area contributed by atoms with Crippen molar-refractivity contribution in [3.63, 3.8) is 0 Å². The Kier molecular flexibility index (Phi) is 7.79. The number of para-hydroxylation sites is 2. The Morgan fingerprint density at radius 3 is 1.92 bits per heavy atom. The molecule has 0 N–H and O–H groups in total. The van der Waals surface area contributed by atoms with Crippen LogP contribution >= 0.6 is 11.3 Å². The number of hydrogen-bond donors (Lipinski definition) is 0. The van der Waals surface area contributed by atoms with E-state index in [1.165, 1.54) is 64.7 Å². The first-order valence-electron chi connectivity index (χ1n) is 20.7. The van der Waals surface area contributed by atoms with Gasteiger partial charge in [0.15, 0.2) is 0 Å². The highest BCUT2D eigenvalue weighted by Gasteiger charge is 2.36. The van der Waals surface area contributed by atoms with Crippen molar-refractivity contribution in [2.24, 2.45) is 0 Å². The molecule has 0 unspecified atom stereocenters. The molecule has 1 aliphatic rings. The molecule has 9 aromatic carbocycles. The molecule has 0 radical (unpaired) electrons. The van der Waals surface area contributed by atoms with Crippen LogP contribution in [0.25, 0.3) is 86.6 Å². The average Bonchev–Trinajstić information content (AvgIpc) is 3.95. The molecule has 0 atom stereocenters. The van der Waals surface area contributed by atoms with Gasteiger partial charge in [0.05, 0.1) is 5.69 Å². The summed E-state index contributed by atoms with van der Waals surface area (Å²) in [6, 6.07) is 73.2. The van der Waals surface area contributed by atoms with Crippen LogP contribution in [0.2, 0.25) is 0 Å². The Bertz CT molecular complexity index is 3440. The van der Waals surface area contributed by atoms with Crippen LogP contribution in [0.15, 0.2) is 205 Å². The summed E-state index contributed by atoms with van der Waals surface area (Å²) in [5.74, 6) is 0. The number of fused-ring (bicyclic) bond motifs is 9. The van der Waals surface area contributed by atoms with Gasteiger partial charge in [0, 0.05) is 58.9 Å². The van der Waals surface area contributed by atoms with Gasteiger partial charge >= 0.3 is 0 Å². The lowest BCUT2D eigenvalue weighted by Gasteiger charge is -2.30. The molecule has 284 valence electrons. The fourth-order valence-corrected chi connectivity index (χ4v) is 10.9. The van der Waals surface area contributed by atoms with Crippen molar-refractivity contribution in [1.29, 1.82) is 0 Å². The van der Waals surface area contributed by atoms with Crippen LogP contribution in [0.5, 0.6) is 0 Å². The van der Waals surface area contributed by atoms with E-state index in [0.717, 1.165) is 50.1 Å². The van der Waals surface area contributed by atoms with Gasteiger partial charge in [-0.3, -0.25) is 0 Å². The number of nitrogens with zero attached hydrogens (tertiary/aromatic N) is 1. The number of anilines is 3. The zero-order valence-electron chi connectivity index (χ0n) is 33.3. The molecule has 0 bridgehead atoms. The molecule has 60 heavy (non-hydrogen) atoms. The Hall–Kier alpha value is -7.20. The number of hydrogen-bond acceptors (Lipinski definition) is 3. The second-order valence-electron chi connectivity index (χ2n) is 16.4. The quantitative estimate of drug-likeness (QED) is 0.167. The summed E-state index contributed by atoms with van der Waals surface area (Å²) in [4.78, 5) is 2.48. The number of benzene rings is 9. The van der Waals surface area contributed by atoms with E-state index in [2.05, 4.69) is 213 Å². The van der Waals surface area contributed by atoms with E-state index < -0.39 is 0 Å². The lowest BCUT2D eigenvalue weighted by atomic mass is 9.82. The fourth-order valence-electron chi connectivity index (χ4n) is 9.77. The van der Waals surface area contributed by atoms with Crippen molar-refractivity contribution in [1.82, 2.24) is 0 Å². The maximum absolute atomic E-state index is 6.50. The van der Waals surface area contributed by atoms with Gasteiger partial charge < -0.3 is 9.32 Å². The first-order chi connectivity index (χ1) is 29.5. The third-order valence-electron chi connectivity index (χ3n) is 12.7. The maximum Gasteiger partial charge on any atom is 0.143 e. The van der Waals surface area contributed by atoms with Gasteiger partial charge in [0.1, 0.15) is 11.2 Å². The highest BCUT2D eigenvalue weighted by atomic mass is 32.1. The standard InChI is InChI=1S/C57H39NOS/c1-57(2)48-20-9-6-15-43(48)44-32-31-41(35-49(44)57)58(40-29-27-38(28-30-40)42-18-12-19-46-45-16-7-10-21-51(45)59-56(42)46)50-33-34-53-55(47-17-8-11-22-52(47)60-53)54(50)39-25-23-37(24-26-39)36-13-4-3-5-14-36/h3-35H,1-2H3. The van der Waals surface area contributed by atoms with Crippen LogP contribution in [0, 0.1) is 0 Å². The molecule has 2 nitrogen and oxygen atoms in total. The minimum atomic E-state index is -0.146. The molecular formula is C57H39NOS. The minimum absolute atomic E-state index is 0.146. The summed E-state index contributed by atoms with van der Waals surface area (Å²) in [5.41, 5.74) is 17.4. The SMILES string of the molecule is CC1(C)c2ccccc2-c2ccc(N(c3ccc(-c4cccc5c4oc4ccccc45)cc3)c3ccc4sc5ccccc5c4c3-c3ccc(-c4ccccc4)cc3)cc21. The molecular weight excluding hydrogens is 747 g/mol. The molecule has 2 aromatic heterocycles. The highest BCUT2D eigenvalue weighted by molar-refractivity contribution is 7.26. The molecule has 0 saturated heterocycles. The van der Waals surface area contributed by atoms with Gasteiger partial charge in [-0.15, -0.1) is 11.3 Å². The summed E-state index contributed by atoms with van der Waals surface area (Å²) in [7, 11) is 0. The topological polar surface area (TPSA) is 16.4 Å². The monoisotopic (exact) mass is 785 g/mol. The van der Waals surface area contributed by atoms with Crippen LogP contribution in [-0.4, -0.2) is 0 Å². The van der Waals surface area contributed by atoms with Gasteiger partial charge in [-0.25, -0.2) is 0 Å². The van der Waals surface area contributed by atoms with E-state index in [1.807, 2.05) is 17.4 Å². The molecule has 12 rings (SSSR count). The lowest BCUT2D eigenvalue weighted by Crippen LogP contribution is -2.17. The number of rotatable bonds is 6. The fraction of sp³-hybridized carbons (Fsp3) is 0.0526. The molecule has 0 fully saturated rings. The zero-order valence-corrected chi connectivity index (χ0v) is 34.1. The summed E-state index contributed by atoms with van der Waals surface area (Å²) < 4.78 is 9.07. The van der Waals surface area contributed by atoms with E-state index in [4.69, 9.17) is 4.42 Å². The molecule has 0 aliphatic heterocycles. The highest BCUT2D eigenvalue weighted by Crippen LogP contribution is 2.53. The van der Waals surface area contributed by atoms with Crippen molar-refractivity contribution >= 4 is 70.5 Å². The second kappa shape index (κ2) is 13.4. The van der Waals surface area contributed by atoms with Crippen LogP contribution in [0.1, 0.15) is 25.0 Å². The smallest absolute Gasteiger partial charge is 0.143 e. The van der Waals surface area contributed by atoms with Crippen molar-refractivity contribution < 1.29 is 4.42 Å². The van der Waals surface area contributed by atoms with Crippen LogP contribution in [-0.2, 0) is 5.41 Å². The van der Waals surface area contributed by atoms with E-state index in [9.17, 15) is 0 Å². The number of thiophene rings is 1. The summed E-state index contributed by atoms with van der Waals surface area (Å²) in [6.07, 6.45) is 0. The third kappa shape index (κ3) is 5.33. The Morgan fingerprint density at radius 1 is 0.433 bits per heavy atom. The Balaban J connectivity index is 1.09. The molecule has 1 aliphatic carbocycles. The second-order valence-corrected chi connectivity index (χ2v) is 17.5. The largest absolute Gasteiger partial charge is 0.455 e. The molecule has 0 saturated carbocycles. The van der Waals surface area contributed by atoms with Crippen molar-refractivity contribution in [2.45, 2.75) is 19.3 Å². The predicted octanol–water partition coefficient (Wildman–Crippen LogP) is 16.7. The average molecular weight is 786 g/mol. The van der Waals surface area contributed by atoms with Gasteiger partial charge in [-0.2, -0.15) is 0 Å². The van der Waals surface area contributed by atoms with E-state index in [-0.39, 0.29) is 5.41 Å². The van der Waals surface area contributed by atoms with Crippen molar-refractivity contribution in [3.8, 4) is 44.5 Å². The summed E-state index contributed by atoms with van der Waals surface area (Å²) in [6.45, 7) is 4.73. The molecule has 2 heterocycles. The Morgan fingerprint density at radius 2 is 1.07 bits per heavy atom. The molecule has 3 heteroatoms. The van der Waals surface area contributed by atoms with E-state index >= 15 is 0 Å². The Labute approximate surface area is 353 Å². The van der Waals surface area contributed by atoms with E-state index in [1.54, 1.807) is 0 Å². The minimum Gasteiger partial charge on any atom is -0.455 e. The van der Waals surface area contributed by atoms with Gasteiger partial charge in [0.2, 0.25) is 0 Å². The zero-order chi connectivity index (χ0) is 40.0. The van der Waals surface area contributed by atoms with Gasteiger partial charge in [-0.05, 0) is 93.0 Å². The van der Waals surface area contributed by atoms with Crippen molar-refractivity contribution in [2.75, 3.05) is 4.90 Å². The first kappa shape index (κ1) is 34.8. The lowest BCUT2D eigenvalue weighted by molar-refractivity contribution is 0.660. The normalized spacial score (nSPS) is 13.0. The van der Waals surface area contributed by atoms with Gasteiger partial charge in [-0.1, -0.05) is 166 Å². The first-order valence-corrected chi connectivity index (χ1v) is 21.5. The summed E-state index contributed by atoms with van der Waals surface area (Å²) in [5, 5.41) is 4.84. The number of furan rings is 1. The van der Waals surface area contributed by atoms with Gasteiger partial charge in [0.25, 0.3) is 0 Å². The summed E-state index contributed by atoms with van der Waals surface area (Å²) >= 11 is 1.87. The maximum atomic E-state index is 6.50. The third-order valence-corrected chi connectivity index (χ3v) is 13.8. The predicted molar refractivity (Wildman–Crippen MR) is 255 cm³/mol. The molecule has 11 aromatic rings. The molecule has 0 spiro atoms. The van der Waals surface area contributed by atoms with Crippen LogP contribution in [0.4, 0.5) is 17.1 Å². The molecule has 0 amide bonds. The van der Waals surface area contributed by atoms with Crippen LogP contribution in [0.3, 0.4) is 0 Å². The van der Waals surface area contributed by atoms with E-state index in [0.29, 0.717) is 0 Å². The van der Waals surface area contributed by atoms with Crippen molar-refractivity contribution in [3.05, 3.63) is 211 Å². The van der Waals surface area contributed by atoms with Crippen LogP contribution < -0.4 is 4.90 Å².